The molecule has 122 valence electrons. The maximum absolute atomic E-state index is 9.77. The second-order valence-corrected chi connectivity index (χ2v) is 7.04. The molecule has 0 radical (unpaired) electrons. The van der Waals surface area contributed by atoms with E-state index in [4.69, 9.17) is 4.74 Å². The molecule has 1 aromatic rings. The van der Waals surface area contributed by atoms with Crippen molar-refractivity contribution in [1.29, 1.82) is 0 Å². The minimum Gasteiger partial charge on any atom is -0.497 e. The first-order chi connectivity index (χ1) is 10.7. The lowest BCUT2D eigenvalue weighted by Crippen LogP contribution is -2.42. The summed E-state index contributed by atoms with van der Waals surface area (Å²) in [5.41, 5.74) is 1.34. The molecule has 1 N–H and O–H groups in total. The van der Waals surface area contributed by atoms with E-state index >= 15 is 0 Å². The maximum Gasteiger partial charge on any atom is 0.119 e. The van der Waals surface area contributed by atoms with Gasteiger partial charge in [0.25, 0.3) is 0 Å². The Labute approximate surface area is 134 Å². The number of hydrogen-bond donors (Lipinski definition) is 1. The quantitative estimate of drug-likeness (QED) is 0.871. The number of benzene rings is 1. The smallest absolute Gasteiger partial charge is 0.119 e. The summed E-state index contributed by atoms with van der Waals surface area (Å²) < 4.78 is 5.36. The molecule has 2 saturated carbocycles. The largest absolute Gasteiger partial charge is 0.497 e. The molecule has 0 spiro atoms. The highest BCUT2D eigenvalue weighted by atomic mass is 16.5. The van der Waals surface area contributed by atoms with E-state index in [9.17, 15) is 5.11 Å². The van der Waals surface area contributed by atoms with Crippen molar-refractivity contribution in [1.82, 2.24) is 4.90 Å². The molecule has 2 aliphatic carbocycles. The van der Waals surface area contributed by atoms with Gasteiger partial charge in [-0.3, -0.25) is 4.90 Å². The zero-order valence-corrected chi connectivity index (χ0v) is 13.7. The van der Waals surface area contributed by atoms with E-state index in [2.05, 4.69) is 23.1 Å². The minimum atomic E-state index is -0.0707. The Morgan fingerprint density at radius 2 is 1.91 bits per heavy atom. The summed E-state index contributed by atoms with van der Waals surface area (Å²) in [6.07, 6.45) is 8.32. The van der Waals surface area contributed by atoms with Gasteiger partial charge in [-0.05, 0) is 62.1 Å². The fourth-order valence-corrected chi connectivity index (χ4v) is 3.78. The van der Waals surface area contributed by atoms with Crippen LogP contribution in [-0.2, 0) is 6.54 Å². The van der Waals surface area contributed by atoms with E-state index in [0.717, 1.165) is 43.9 Å². The van der Waals surface area contributed by atoms with Gasteiger partial charge in [-0.2, -0.15) is 0 Å². The Bertz CT molecular complexity index is 464. The molecule has 0 aliphatic heterocycles. The summed E-state index contributed by atoms with van der Waals surface area (Å²) in [4.78, 5) is 2.67. The van der Waals surface area contributed by atoms with Crippen molar-refractivity contribution in [2.75, 3.05) is 13.7 Å². The van der Waals surface area contributed by atoms with Gasteiger partial charge < -0.3 is 9.84 Å². The molecule has 0 heterocycles. The lowest BCUT2D eigenvalue weighted by Gasteiger charge is -2.40. The van der Waals surface area contributed by atoms with Gasteiger partial charge in [0.05, 0.1) is 13.2 Å². The van der Waals surface area contributed by atoms with Gasteiger partial charge in [0.15, 0.2) is 0 Å². The molecule has 2 fully saturated rings. The maximum atomic E-state index is 9.77. The predicted molar refractivity (Wildman–Crippen MR) is 89.0 cm³/mol. The summed E-state index contributed by atoms with van der Waals surface area (Å²) in [6.45, 7) is 2.23. The molecular weight excluding hydrogens is 274 g/mol. The van der Waals surface area contributed by atoms with Crippen molar-refractivity contribution >= 4 is 0 Å². The van der Waals surface area contributed by atoms with Crippen LogP contribution in [0.3, 0.4) is 0 Å². The van der Waals surface area contributed by atoms with Crippen LogP contribution in [0.1, 0.15) is 50.5 Å². The Balaban J connectivity index is 1.66. The Morgan fingerprint density at radius 3 is 2.55 bits per heavy atom. The Kier molecular flexibility index (Phi) is 5.37. The van der Waals surface area contributed by atoms with E-state index < -0.39 is 0 Å². The summed E-state index contributed by atoms with van der Waals surface area (Å²) in [7, 11) is 1.73. The number of ether oxygens (including phenoxy) is 1. The SMILES string of the molecule is COc1cccc(CN(CC2CCC2)C2CCC(O)CC2)c1. The van der Waals surface area contributed by atoms with E-state index in [-0.39, 0.29) is 6.10 Å². The molecule has 0 unspecified atom stereocenters. The van der Waals surface area contributed by atoms with Crippen molar-refractivity contribution < 1.29 is 9.84 Å². The number of hydrogen-bond acceptors (Lipinski definition) is 3. The molecule has 0 amide bonds. The van der Waals surface area contributed by atoms with Crippen molar-refractivity contribution in [3.8, 4) is 5.75 Å². The van der Waals surface area contributed by atoms with Gasteiger partial charge in [0.2, 0.25) is 0 Å². The first-order valence-electron chi connectivity index (χ1n) is 8.79. The normalized spacial score (nSPS) is 26.0. The summed E-state index contributed by atoms with van der Waals surface area (Å²) in [5.74, 6) is 1.83. The number of rotatable bonds is 6. The van der Waals surface area contributed by atoms with Gasteiger partial charge in [0, 0.05) is 19.1 Å². The molecule has 0 aromatic heterocycles. The molecule has 3 rings (SSSR count). The van der Waals surface area contributed by atoms with Crippen LogP contribution >= 0.6 is 0 Å². The highest BCUT2D eigenvalue weighted by Gasteiger charge is 2.28. The zero-order chi connectivity index (χ0) is 15.4. The fraction of sp³-hybridized carbons (Fsp3) is 0.684. The molecule has 22 heavy (non-hydrogen) atoms. The Hall–Kier alpha value is -1.06. The van der Waals surface area contributed by atoms with Crippen LogP contribution in [0.2, 0.25) is 0 Å². The first kappa shape index (κ1) is 15.8. The molecule has 1 aromatic carbocycles. The van der Waals surface area contributed by atoms with Crippen LogP contribution in [0, 0.1) is 5.92 Å². The number of aliphatic hydroxyl groups excluding tert-OH is 1. The highest BCUT2D eigenvalue weighted by Crippen LogP contribution is 2.31. The molecule has 0 saturated heterocycles. The van der Waals surface area contributed by atoms with Crippen LogP contribution in [0.5, 0.6) is 5.75 Å². The minimum absolute atomic E-state index is 0.0707. The van der Waals surface area contributed by atoms with E-state index in [1.807, 2.05) is 6.07 Å². The lowest BCUT2D eigenvalue weighted by molar-refractivity contribution is 0.0535. The average Bonchev–Trinajstić information content (AvgIpc) is 2.50. The van der Waals surface area contributed by atoms with Crippen LogP contribution in [0.4, 0.5) is 0 Å². The predicted octanol–water partition coefficient (Wildman–Crippen LogP) is 3.60. The van der Waals surface area contributed by atoms with Gasteiger partial charge in [-0.15, -0.1) is 0 Å². The average molecular weight is 303 g/mol. The van der Waals surface area contributed by atoms with Gasteiger partial charge in [-0.1, -0.05) is 18.6 Å². The second kappa shape index (κ2) is 7.47. The molecular formula is C19H29NO2. The first-order valence-corrected chi connectivity index (χ1v) is 8.79. The molecule has 2 aliphatic rings. The van der Waals surface area contributed by atoms with E-state index in [0.29, 0.717) is 6.04 Å². The Morgan fingerprint density at radius 1 is 1.14 bits per heavy atom. The molecule has 0 bridgehead atoms. The third kappa shape index (κ3) is 4.02. The number of methoxy groups -OCH3 is 1. The number of nitrogens with zero attached hydrogens (tertiary/aromatic N) is 1. The highest BCUT2D eigenvalue weighted by molar-refractivity contribution is 5.28. The van der Waals surface area contributed by atoms with Crippen molar-refractivity contribution in [3.05, 3.63) is 29.8 Å². The number of aliphatic hydroxyl groups is 1. The van der Waals surface area contributed by atoms with Crippen LogP contribution in [0.25, 0.3) is 0 Å². The van der Waals surface area contributed by atoms with Gasteiger partial charge in [-0.25, -0.2) is 0 Å². The van der Waals surface area contributed by atoms with Gasteiger partial charge in [0.1, 0.15) is 5.75 Å². The summed E-state index contributed by atoms with van der Waals surface area (Å²) in [6, 6.07) is 9.09. The molecule has 3 nitrogen and oxygen atoms in total. The lowest BCUT2D eigenvalue weighted by atomic mass is 9.83. The van der Waals surface area contributed by atoms with Crippen molar-refractivity contribution in [2.24, 2.45) is 5.92 Å². The zero-order valence-electron chi connectivity index (χ0n) is 13.7. The fourth-order valence-electron chi connectivity index (χ4n) is 3.78. The topological polar surface area (TPSA) is 32.7 Å². The van der Waals surface area contributed by atoms with E-state index in [1.54, 1.807) is 7.11 Å². The van der Waals surface area contributed by atoms with Crippen LogP contribution < -0.4 is 4.74 Å². The molecule has 3 heteroatoms. The monoisotopic (exact) mass is 303 g/mol. The van der Waals surface area contributed by atoms with Crippen LogP contribution in [0.15, 0.2) is 24.3 Å². The third-order valence-electron chi connectivity index (χ3n) is 5.42. The van der Waals surface area contributed by atoms with E-state index in [1.165, 1.54) is 31.4 Å². The van der Waals surface area contributed by atoms with Gasteiger partial charge >= 0.3 is 0 Å². The van der Waals surface area contributed by atoms with Crippen LogP contribution in [-0.4, -0.2) is 35.8 Å². The standard InChI is InChI=1S/C19H29NO2/c1-22-19-7-3-6-16(12-19)14-20(13-15-4-2-5-15)17-8-10-18(21)11-9-17/h3,6-7,12,15,17-18,21H,2,4-5,8-11,13-14H2,1H3. The van der Waals surface area contributed by atoms with Crippen molar-refractivity contribution in [2.45, 2.75) is 63.6 Å². The summed E-state index contributed by atoms with van der Waals surface area (Å²) >= 11 is 0. The van der Waals surface area contributed by atoms with Crippen molar-refractivity contribution in [3.63, 3.8) is 0 Å². The third-order valence-corrected chi connectivity index (χ3v) is 5.42. The summed E-state index contributed by atoms with van der Waals surface area (Å²) in [5, 5.41) is 9.77. The second-order valence-electron chi connectivity index (χ2n) is 7.04. The molecule has 0 atom stereocenters.